The molecule has 2 aromatic rings. The molecule has 0 saturated heterocycles. The minimum Gasteiger partial charge on any atom is -0.438 e. The molecular weight excluding hydrogens is 358 g/mol. The second-order valence-corrected chi connectivity index (χ2v) is 5.83. The van der Waals surface area contributed by atoms with Crippen molar-refractivity contribution in [1.29, 1.82) is 0 Å². The third kappa shape index (κ3) is 5.65. The summed E-state index contributed by atoms with van der Waals surface area (Å²) in [6, 6.07) is 10.8. The van der Waals surface area contributed by atoms with E-state index in [1.807, 2.05) is 24.3 Å². The Labute approximate surface area is 144 Å². The summed E-state index contributed by atoms with van der Waals surface area (Å²) in [5, 5.41) is 6.10. The highest BCUT2D eigenvalue weighted by atomic mass is 79.9. The maximum Gasteiger partial charge on any atom is 0.256 e. The SMILES string of the molecule is CCCNCCNC(=O)c1cccnc1Oc1ccc(Br)cc1. The highest BCUT2D eigenvalue weighted by Gasteiger charge is 2.13. The van der Waals surface area contributed by atoms with Crippen molar-refractivity contribution >= 4 is 21.8 Å². The van der Waals surface area contributed by atoms with Gasteiger partial charge in [-0.1, -0.05) is 22.9 Å². The molecule has 0 radical (unpaired) electrons. The van der Waals surface area contributed by atoms with Crippen LogP contribution in [0.5, 0.6) is 11.6 Å². The first-order chi connectivity index (χ1) is 11.2. The van der Waals surface area contributed by atoms with Crippen LogP contribution in [0.25, 0.3) is 0 Å². The van der Waals surface area contributed by atoms with Crippen molar-refractivity contribution in [2.24, 2.45) is 0 Å². The first-order valence-corrected chi connectivity index (χ1v) is 8.37. The molecule has 23 heavy (non-hydrogen) atoms. The number of nitrogens with one attached hydrogen (secondary N) is 2. The lowest BCUT2D eigenvalue weighted by Gasteiger charge is -2.10. The van der Waals surface area contributed by atoms with Gasteiger partial charge >= 0.3 is 0 Å². The largest absolute Gasteiger partial charge is 0.438 e. The maximum absolute atomic E-state index is 12.3. The minimum atomic E-state index is -0.191. The molecule has 1 aromatic carbocycles. The first kappa shape index (κ1) is 17.4. The van der Waals surface area contributed by atoms with Gasteiger partial charge in [-0.05, 0) is 49.4 Å². The lowest BCUT2D eigenvalue weighted by molar-refractivity contribution is 0.0951. The topological polar surface area (TPSA) is 63.2 Å². The maximum atomic E-state index is 12.3. The van der Waals surface area contributed by atoms with E-state index in [0.717, 1.165) is 24.0 Å². The molecule has 1 amide bonds. The summed E-state index contributed by atoms with van der Waals surface area (Å²) in [5.74, 6) is 0.739. The molecule has 1 aromatic heterocycles. The Kier molecular flexibility index (Phi) is 7.03. The zero-order chi connectivity index (χ0) is 16.5. The number of ether oxygens (including phenoxy) is 1. The Bertz CT molecular complexity index is 632. The molecule has 0 atom stereocenters. The Hall–Kier alpha value is -1.92. The van der Waals surface area contributed by atoms with Gasteiger partial charge in [0.05, 0.1) is 0 Å². The van der Waals surface area contributed by atoms with Crippen molar-refractivity contribution in [1.82, 2.24) is 15.6 Å². The molecule has 1 heterocycles. The van der Waals surface area contributed by atoms with E-state index >= 15 is 0 Å². The number of carbonyl (C=O) groups is 1. The number of benzene rings is 1. The number of nitrogens with zero attached hydrogens (tertiary/aromatic N) is 1. The number of pyridine rings is 1. The predicted molar refractivity (Wildman–Crippen MR) is 93.9 cm³/mol. The third-order valence-electron chi connectivity index (χ3n) is 3.06. The Morgan fingerprint density at radius 2 is 1.96 bits per heavy atom. The summed E-state index contributed by atoms with van der Waals surface area (Å²) >= 11 is 3.37. The summed E-state index contributed by atoms with van der Waals surface area (Å²) in [4.78, 5) is 16.4. The smallest absolute Gasteiger partial charge is 0.256 e. The summed E-state index contributed by atoms with van der Waals surface area (Å²) in [6.07, 6.45) is 2.68. The van der Waals surface area contributed by atoms with E-state index in [4.69, 9.17) is 4.74 Å². The standard InChI is InChI=1S/C17H20BrN3O2/c1-2-9-19-11-12-20-16(22)15-4-3-10-21-17(15)23-14-7-5-13(18)6-8-14/h3-8,10,19H,2,9,11-12H2,1H3,(H,20,22). The summed E-state index contributed by atoms with van der Waals surface area (Å²) in [6.45, 7) is 4.35. The molecular formula is C17H20BrN3O2. The second-order valence-electron chi connectivity index (χ2n) is 4.92. The van der Waals surface area contributed by atoms with Gasteiger partial charge < -0.3 is 15.4 Å². The Morgan fingerprint density at radius 3 is 2.70 bits per heavy atom. The fourth-order valence-corrected chi connectivity index (χ4v) is 2.18. The molecule has 0 bridgehead atoms. The second kappa shape index (κ2) is 9.27. The molecule has 0 aliphatic heterocycles. The van der Waals surface area contributed by atoms with Crippen molar-refractivity contribution in [3.05, 3.63) is 52.6 Å². The Balaban J connectivity index is 1.99. The van der Waals surface area contributed by atoms with E-state index in [2.05, 4.69) is 38.5 Å². The molecule has 0 spiro atoms. The van der Waals surface area contributed by atoms with E-state index in [-0.39, 0.29) is 5.91 Å². The molecule has 0 aliphatic carbocycles. The van der Waals surface area contributed by atoms with E-state index in [1.54, 1.807) is 18.3 Å². The van der Waals surface area contributed by atoms with E-state index in [1.165, 1.54) is 0 Å². The van der Waals surface area contributed by atoms with Crippen LogP contribution in [0.4, 0.5) is 0 Å². The summed E-state index contributed by atoms with van der Waals surface area (Å²) < 4.78 is 6.68. The van der Waals surface area contributed by atoms with Gasteiger partial charge in [0, 0.05) is 23.8 Å². The highest BCUT2D eigenvalue weighted by Crippen LogP contribution is 2.24. The van der Waals surface area contributed by atoms with Crippen LogP contribution in [0.3, 0.4) is 0 Å². The number of aromatic nitrogens is 1. The van der Waals surface area contributed by atoms with Gasteiger partial charge in [0.2, 0.25) is 5.88 Å². The fraction of sp³-hybridized carbons (Fsp3) is 0.294. The molecule has 6 heteroatoms. The normalized spacial score (nSPS) is 10.3. The van der Waals surface area contributed by atoms with Crippen LogP contribution >= 0.6 is 15.9 Å². The molecule has 2 N–H and O–H groups in total. The van der Waals surface area contributed by atoms with Gasteiger partial charge in [0.25, 0.3) is 5.91 Å². The van der Waals surface area contributed by atoms with Gasteiger partial charge in [-0.25, -0.2) is 4.98 Å². The van der Waals surface area contributed by atoms with Crippen LogP contribution < -0.4 is 15.4 Å². The van der Waals surface area contributed by atoms with Crippen LogP contribution in [0.15, 0.2) is 47.1 Å². The van der Waals surface area contributed by atoms with Crippen LogP contribution in [-0.4, -0.2) is 30.5 Å². The number of carbonyl (C=O) groups excluding carboxylic acids is 1. The number of amides is 1. The highest BCUT2D eigenvalue weighted by molar-refractivity contribution is 9.10. The number of rotatable bonds is 8. The number of hydrogen-bond acceptors (Lipinski definition) is 4. The van der Waals surface area contributed by atoms with Crippen LogP contribution in [0, 0.1) is 0 Å². The van der Waals surface area contributed by atoms with Gasteiger partial charge in [-0.15, -0.1) is 0 Å². The first-order valence-electron chi connectivity index (χ1n) is 7.58. The predicted octanol–water partition coefficient (Wildman–Crippen LogP) is 3.37. The average Bonchev–Trinajstić information content (AvgIpc) is 2.57. The molecule has 0 saturated carbocycles. The zero-order valence-corrected chi connectivity index (χ0v) is 14.6. The molecule has 5 nitrogen and oxygen atoms in total. The van der Waals surface area contributed by atoms with Crippen LogP contribution in [-0.2, 0) is 0 Å². The van der Waals surface area contributed by atoms with Gasteiger partial charge in [0.1, 0.15) is 11.3 Å². The van der Waals surface area contributed by atoms with Gasteiger partial charge in [-0.3, -0.25) is 4.79 Å². The summed E-state index contributed by atoms with van der Waals surface area (Å²) in [7, 11) is 0. The third-order valence-corrected chi connectivity index (χ3v) is 3.59. The van der Waals surface area contributed by atoms with Crippen molar-refractivity contribution < 1.29 is 9.53 Å². The van der Waals surface area contributed by atoms with Crippen molar-refractivity contribution in [2.75, 3.05) is 19.6 Å². The van der Waals surface area contributed by atoms with E-state index < -0.39 is 0 Å². The van der Waals surface area contributed by atoms with Crippen LogP contribution in [0.2, 0.25) is 0 Å². The van der Waals surface area contributed by atoms with Crippen molar-refractivity contribution in [3.8, 4) is 11.6 Å². The monoisotopic (exact) mass is 377 g/mol. The van der Waals surface area contributed by atoms with Crippen molar-refractivity contribution in [2.45, 2.75) is 13.3 Å². The lowest BCUT2D eigenvalue weighted by atomic mass is 10.2. The van der Waals surface area contributed by atoms with Gasteiger partial charge in [0.15, 0.2) is 0 Å². The average molecular weight is 378 g/mol. The van der Waals surface area contributed by atoms with Crippen molar-refractivity contribution in [3.63, 3.8) is 0 Å². The zero-order valence-electron chi connectivity index (χ0n) is 13.0. The minimum absolute atomic E-state index is 0.191. The Morgan fingerprint density at radius 1 is 1.17 bits per heavy atom. The fourth-order valence-electron chi connectivity index (χ4n) is 1.92. The lowest BCUT2D eigenvalue weighted by Crippen LogP contribution is -2.32. The molecule has 2 rings (SSSR count). The summed E-state index contributed by atoms with van der Waals surface area (Å²) in [5.41, 5.74) is 0.422. The number of halogens is 1. The van der Waals surface area contributed by atoms with Crippen LogP contribution in [0.1, 0.15) is 23.7 Å². The van der Waals surface area contributed by atoms with E-state index in [0.29, 0.717) is 23.7 Å². The molecule has 0 aliphatic rings. The van der Waals surface area contributed by atoms with E-state index in [9.17, 15) is 4.79 Å². The molecule has 122 valence electrons. The number of hydrogen-bond donors (Lipinski definition) is 2. The quantitative estimate of drug-likeness (QED) is 0.692. The van der Waals surface area contributed by atoms with Gasteiger partial charge in [-0.2, -0.15) is 0 Å². The molecule has 0 unspecified atom stereocenters. The molecule has 0 fully saturated rings.